The second-order valence-corrected chi connectivity index (χ2v) is 4.47. The van der Waals surface area contributed by atoms with E-state index in [2.05, 4.69) is 32.4 Å². The molecule has 1 aliphatic rings. The Balaban J connectivity index is 2.08. The first-order valence-electron chi connectivity index (χ1n) is 5.08. The van der Waals surface area contributed by atoms with Gasteiger partial charge in [-0.25, -0.2) is 5.01 Å². The molecular weight excluding hydrogens is 270 g/mol. The van der Waals surface area contributed by atoms with Crippen LogP contribution in [0.3, 0.4) is 0 Å². The van der Waals surface area contributed by atoms with Gasteiger partial charge in [-0.2, -0.15) is 5.26 Å². The number of hydrogen-bond acceptors (Lipinski definition) is 4. The first-order valence-corrected chi connectivity index (χ1v) is 5.87. The summed E-state index contributed by atoms with van der Waals surface area (Å²) < 4.78 is 6.17. The molecule has 0 spiro atoms. The van der Waals surface area contributed by atoms with Crippen LogP contribution in [-0.4, -0.2) is 31.3 Å². The third kappa shape index (κ3) is 2.95. The Bertz CT molecular complexity index is 410. The van der Waals surface area contributed by atoms with Gasteiger partial charge in [-0.1, -0.05) is 15.9 Å². The monoisotopic (exact) mass is 281 g/mol. The minimum Gasteiger partial charge on any atom is -0.379 e. The minimum atomic E-state index is 0.644. The van der Waals surface area contributed by atoms with E-state index < -0.39 is 0 Å². The number of hydrazine groups is 1. The Morgan fingerprint density at radius 1 is 1.31 bits per heavy atom. The summed E-state index contributed by atoms with van der Waals surface area (Å²) in [6, 6.07) is 7.72. The number of nitriles is 1. The van der Waals surface area contributed by atoms with Crippen molar-refractivity contribution >= 4 is 21.6 Å². The van der Waals surface area contributed by atoms with Crippen LogP contribution in [0.5, 0.6) is 0 Å². The molecule has 0 aliphatic carbocycles. The van der Waals surface area contributed by atoms with Crippen LogP contribution in [0, 0.1) is 11.3 Å². The lowest BCUT2D eigenvalue weighted by Gasteiger charge is -2.28. The first-order chi connectivity index (χ1) is 7.78. The topological polar surface area (TPSA) is 48.3 Å². The van der Waals surface area contributed by atoms with E-state index in [1.807, 2.05) is 12.1 Å². The Morgan fingerprint density at radius 3 is 2.75 bits per heavy atom. The van der Waals surface area contributed by atoms with Gasteiger partial charge in [-0.15, -0.1) is 0 Å². The number of rotatable bonds is 2. The maximum atomic E-state index is 8.86. The van der Waals surface area contributed by atoms with Gasteiger partial charge >= 0.3 is 0 Å². The SMILES string of the molecule is N#Cc1cc(Br)cc(NN2CCOCC2)c1. The summed E-state index contributed by atoms with van der Waals surface area (Å²) >= 11 is 3.38. The number of morpholine rings is 1. The van der Waals surface area contributed by atoms with Crippen molar-refractivity contribution in [2.45, 2.75) is 0 Å². The van der Waals surface area contributed by atoms with E-state index in [0.717, 1.165) is 36.5 Å². The molecule has 1 aromatic carbocycles. The van der Waals surface area contributed by atoms with Gasteiger partial charge in [0.1, 0.15) is 0 Å². The highest BCUT2D eigenvalue weighted by Gasteiger charge is 2.10. The normalized spacial score (nSPS) is 16.8. The number of hydrogen-bond donors (Lipinski definition) is 1. The van der Waals surface area contributed by atoms with Crippen molar-refractivity contribution in [2.75, 3.05) is 31.7 Å². The molecule has 1 saturated heterocycles. The Morgan fingerprint density at radius 2 is 2.06 bits per heavy atom. The van der Waals surface area contributed by atoms with E-state index >= 15 is 0 Å². The zero-order chi connectivity index (χ0) is 11.4. The molecule has 16 heavy (non-hydrogen) atoms. The number of halogens is 1. The molecule has 1 heterocycles. The zero-order valence-corrected chi connectivity index (χ0v) is 10.3. The van der Waals surface area contributed by atoms with E-state index in [-0.39, 0.29) is 0 Å². The van der Waals surface area contributed by atoms with Gasteiger partial charge in [0.2, 0.25) is 0 Å². The van der Waals surface area contributed by atoms with E-state index in [1.54, 1.807) is 6.07 Å². The van der Waals surface area contributed by atoms with Gasteiger partial charge in [0.25, 0.3) is 0 Å². The van der Waals surface area contributed by atoms with Gasteiger partial charge in [0, 0.05) is 17.6 Å². The maximum absolute atomic E-state index is 8.86. The molecule has 4 nitrogen and oxygen atoms in total. The molecule has 0 aromatic heterocycles. The second kappa shape index (κ2) is 5.30. The van der Waals surface area contributed by atoms with Gasteiger partial charge in [0.05, 0.1) is 30.5 Å². The third-order valence-corrected chi connectivity index (χ3v) is 2.78. The molecule has 0 unspecified atom stereocenters. The first kappa shape index (κ1) is 11.4. The summed E-state index contributed by atoms with van der Waals surface area (Å²) in [5, 5.41) is 10.9. The van der Waals surface area contributed by atoms with E-state index in [4.69, 9.17) is 10.00 Å². The number of ether oxygens (including phenoxy) is 1. The predicted molar refractivity (Wildman–Crippen MR) is 64.9 cm³/mol. The van der Waals surface area contributed by atoms with E-state index in [1.165, 1.54) is 0 Å². The number of nitrogens with zero attached hydrogens (tertiary/aromatic N) is 2. The molecule has 1 N–H and O–H groups in total. The molecule has 0 saturated carbocycles. The number of anilines is 1. The summed E-state index contributed by atoms with van der Waals surface area (Å²) in [6.45, 7) is 3.20. The average molecular weight is 282 g/mol. The molecule has 1 fully saturated rings. The fourth-order valence-electron chi connectivity index (χ4n) is 1.58. The quantitative estimate of drug-likeness (QED) is 0.901. The molecule has 0 bridgehead atoms. The summed E-state index contributed by atoms with van der Waals surface area (Å²) in [5.41, 5.74) is 4.84. The van der Waals surface area contributed by atoms with Gasteiger partial charge in [-0.3, -0.25) is 0 Å². The molecule has 1 aromatic rings. The average Bonchev–Trinajstić information content (AvgIpc) is 2.29. The fourth-order valence-corrected chi connectivity index (χ4v) is 2.07. The van der Waals surface area contributed by atoms with Crippen molar-refractivity contribution in [2.24, 2.45) is 0 Å². The lowest BCUT2D eigenvalue weighted by molar-refractivity contribution is 0.0497. The maximum Gasteiger partial charge on any atom is 0.0992 e. The van der Waals surface area contributed by atoms with Crippen LogP contribution in [0.2, 0.25) is 0 Å². The van der Waals surface area contributed by atoms with E-state index in [9.17, 15) is 0 Å². The number of benzene rings is 1. The van der Waals surface area contributed by atoms with Crippen molar-refractivity contribution in [1.82, 2.24) is 5.01 Å². The smallest absolute Gasteiger partial charge is 0.0992 e. The molecule has 0 radical (unpaired) electrons. The van der Waals surface area contributed by atoms with Crippen LogP contribution in [-0.2, 0) is 4.74 Å². The standard InChI is InChI=1S/C11H12BrN3O/c12-10-5-9(8-13)6-11(7-10)14-15-1-3-16-4-2-15/h5-7,14H,1-4H2. The lowest BCUT2D eigenvalue weighted by atomic mass is 10.2. The summed E-state index contributed by atoms with van der Waals surface area (Å²) in [7, 11) is 0. The zero-order valence-electron chi connectivity index (χ0n) is 8.74. The van der Waals surface area contributed by atoms with Crippen LogP contribution in [0.25, 0.3) is 0 Å². The molecule has 5 heteroatoms. The van der Waals surface area contributed by atoms with Gasteiger partial charge < -0.3 is 10.2 Å². The molecule has 0 atom stereocenters. The molecular formula is C11H12BrN3O. The summed E-state index contributed by atoms with van der Waals surface area (Å²) in [5.74, 6) is 0. The molecule has 2 rings (SSSR count). The lowest BCUT2D eigenvalue weighted by Crippen LogP contribution is -2.40. The fraction of sp³-hybridized carbons (Fsp3) is 0.364. The van der Waals surface area contributed by atoms with Crippen molar-refractivity contribution in [3.63, 3.8) is 0 Å². The Hall–Kier alpha value is -1.09. The third-order valence-electron chi connectivity index (χ3n) is 2.33. The second-order valence-electron chi connectivity index (χ2n) is 3.55. The van der Waals surface area contributed by atoms with Crippen LogP contribution in [0.1, 0.15) is 5.56 Å². The van der Waals surface area contributed by atoms with Crippen LogP contribution in [0.4, 0.5) is 5.69 Å². The highest BCUT2D eigenvalue weighted by Crippen LogP contribution is 2.19. The summed E-state index contributed by atoms with van der Waals surface area (Å²) in [6.07, 6.45) is 0. The van der Waals surface area contributed by atoms with Gasteiger partial charge in [-0.05, 0) is 18.2 Å². The Kier molecular flexibility index (Phi) is 3.78. The highest BCUT2D eigenvalue weighted by atomic mass is 79.9. The van der Waals surface area contributed by atoms with Crippen LogP contribution in [0.15, 0.2) is 22.7 Å². The Labute approximate surface area is 103 Å². The largest absolute Gasteiger partial charge is 0.379 e. The minimum absolute atomic E-state index is 0.644. The molecule has 84 valence electrons. The molecule has 0 amide bonds. The van der Waals surface area contributed by atoms with Crippen molar-refractivity contribution in [3.05, 3.63) is 28.2 Å². The van der Waals surface area contributed by atoms with Crippen LogP contribution < -0.4 is 5.43 Å². The van der Waals surface area contributed by atoms with Crippen molar-refractivity contribution in [3.8, 4) is 6.07 Å². The van der Waals surface area contributed by atoms with Gasteiger partial charge in [0.15, 0.2) is 0 Å². The van der Waals surface area contributed by atoms with Crippen LogP contribution >= 0.6 is 15.9 Å². The van der Waals surface area contributed by atoms with E-state index in [0.29, 0.717) is 5.56 Å². The van der Waals surface area contributed by atoms with Crippen molar-refractivity contribution < 1.29 is 4.74 Å². The predicted octanol–water partition coefficient (Wildman–Crippen LogP) is 1.98. The number of nitrogens with one attached hydrogen (secondary N) is 1. The van der Waals surface area contributed by atoms with Crippen molar-refractivity contribution in [1.29, 1.82) is 5.26 Å². The summed E-state index contributed by atoms with van der Waals surface area (Å²) in [4.78, 5) is 0. The molecule has 1 aliphatic heterocycles. The highest BCUT2D eigenvalue weighted by molar-refractivity contribution is 9.10.